The predicted molar refractivity (Wildman–Crippen MR) is 156 cm³/mol. The Morgan fingerprint density at radius 2 is 2.05 bits per heavy atom. The lowest BCUT2D eigenvalue weighted by atomic mass is 10.1. The summed E-state index contributed by atoms with van der Waals surface area (Å²) in [6, 6.07) is 10.2. The van der Waals surface area contributed by atoms with Crippen molar-refractivity contribution < 1.29 is 13.7 Å². The molecule has 0 saturated heterocycles. The number of ether oxygens (including phenoxy) is 1. The summed E-state index contributed by atoms with van der Waals surface area (Å²) in [4.78, 5) is 19.2. The Kier molecular flexibility index (Phi) is 7.48. The lowest BCUT2D eigenvalue weighted by Crippen LogP contribution is -2.46. The molecule has 0 radical (unpaired) electrons. The number of anilines is 3. The molecular formula is C29H37N7O3S. The summed E-state index contributed by atoms with van der Waals surface area (Å²) in [6.07, 6.45) is 7.91. The number of nitrogens with zero attached hydrogens (tertiary/aromatic N) is 5. The number of hydrogen-bond donors (Lipinski definition) is 2. The Balaban J connectivity index is 1.37. The maximum atomic E-state index is 12.4. The van der Waals surface area contributed by atoms with E-state index in [1.54, 1.807) is 17.0 Å². The van der Waals surface area contributed by atoms with Gasteiger partial charge in [-0.1, -0.05) is 0 Å². The Morgan fingerprint density at radius 1 is 1.30 bits per heavy atom. The number of nitriles is 1. The van der Waals surface area contributed by atoms with E-state index < -0.39 is 22.5 Å². The fourth-order valence-corrected chi connectivity index (χ4v) is 5.65. The van der Waals surface area contributed by atoms with Crippen LogP contribution < -0.4 is 15.5 Å². The molecule has 1 aromatic carbocycles. The number of carbonyl (C=O) groups excluding carboxylic acids is 1. The zero-order valence-electron chi connectivity index (χ0n) is 23.8. The number of hydrogen-bond acceptors (Lipinski definition) is 8. The highest BCUT2D eigenvalue weighted by atomic mass is 32.2. The minimum atomic E-state index is -1.05. The third kappa shape index (κ3) is 6.73. The molecule has 2 aromatic heterocycles. The number of amides is 1. The highest BCUT2D eigenvalue weighted by Crippen LogP contribution is 2.38. The van der Waals surface area contributed by atoms with E-state index in [-0.39, 0.29) is 5.54 Å². The molecule has 2 fully saturated rings. The van der Waals surface area contributed by atoms with Crippen molar-refractivity contribution in [1.82, 2.24) is 19.9 Å². The highest BCUT2D eigenvalue weighted by molar-refractivity contribution is 7.83. The lowest BCUT2D eigenvalue weighted by molar-refractivity contribution is 0.0498. The van der Waals surface area contributed by atoms with E-state index in [4.69, 9.17) is 9.72 Å². The number of nitrogens with one attached hydrogen (secondary N) is 2. The van der Waals surface area contributed by atoms with Gasteiger partial charge in [-0.15, -0.1) is 0 Å². The molecule has 10 nitrogen and oxygen atoms in total. The van der Waals surface area contributed by atoms with Crippen LogP contribution >= 0.6 is 0 Å². The number of rotatable bonds is 10. The van der Waals surface area contributed by atoms with Crippen LogP contribution in [0.5, 0.6) is 0 Å². The monoisotopic (exact) mass is 563 g/mol. The predicted octanol–water partition coefficient (Wildman–Crippen LogP) is 4.67. The Bertz CT molecular complexity index is 1500. The first-order valence-electron chi connectivity index (χ1n) is 13.6. The molecule has 2 aliphatic rings. The molecule has 1 amide bonds. The van der Waals surface area contributed by atoms with Crippen molar-refractivity contribution in [3.8, 4) is 6.07 Å². The van der Waals surface area contributed by atoms with Gasteiger partial charge in [-0.2, -0.15) is 10.4 Å². The SMILES string of the molecule is CN(CC1(NC(=O)OC(C)(C)C)CC1)c1ccc(Nc2cc(CC3CC3)n3ncc(C#N)c3n2)cc1CS(C)=O. The summed E-state index contributed by atoms with van der Waals surface area (Å²) >= 11 is 0. The summed E-state index contributed by atoms with van der Waals surface area (Å²) in [6.45, 7) is 6.17. The van der Waals surface area contributed by atoms with Crippen LogP contribution in [0, 0.1) is 17.2 Å². The number of carbonyl (C=O) groups is 1. The van der Waals surface area contributed by atoms with E-state index in [1.165, 1.54) is 12.8 Å². The Morgan fingerprint density at radius 3 is 2.67 bits per heavy atom. The average molecular weight is 564 g/mol. The smallest absolute Gasteiger partial charge is 0.408 e. The van der Waals surface area contributed by atoms with Crippen molar-refractivity contribution in [3.63, 3.8) is 0 Å². The Labute approximate surface area is 237 Å². The van der Waals surface area contributed by atoms with E-state index in [0.29, 0.717) is 35.2 Å². The quantitative estimate of drug-likeness (QED) is 0.365. The van der Waals surface area contributed by atoms with Gasteiger partial charge in [-0.3, -0.25) is 4.21 Å². The fraction of sp³-hybridized carbons (Fsp3) is 0.517. The largest absolute Gasteiger partial charge is 0.444 e. The standard InChI is InChI=1S/C29H37N7O3S/c1-28(2,3)39-27(37)34-29(10-11-29)18-35(4)24-9-8-22(13-20(24)17-40(5)38)32-25-14-23(12-19-6-7-19)36-26(33-25)21(15-30)16-31-36/h8-9,13-14,16,19H,6-7,10-12,17-18H2,1-5H3,(H,32,33)(H,34,37). The van der Waals surface area contributed by atoms with Gasteiger partial charge in [0.25, 0.3) is 0 Å². The second kappa shape index (κ2) is 10.7. The first-order chi connectivity index (χ1) is 18.9. The molecule has 2 saturated carbocycles. The van der Waals surface area contributed by atoms with E-state index in [1.807, 2.05) is 52.1 Å². The van der Waals surface area contributed by atoms with Gasteiger partial charge in [0.15, 0.2) is 5.65 Å². The molecule has 2 aliphatic carbocycles. The third-order valence-corrected chi connectivity index (χ3v) is 7.86. The van der Waals surface area contributed by atoms with Crippen molar-refractivity contribution in [2.24, 2.45) is 5.92 Å². The summed E-state index contributed by atoms with van der Waals surface area (Å²) in [5.74, 6) is 1.68. The first-order valence-corrected chi connectivity index (χ1v) is 15.4. The lowest BCUT2D eigenvalue weighted by Gasteiger charge is -2.29. The zero-order valence-corrected chi connectivity index (χ0v) is 24.6. The van der Waals surface area contributed by atoms with Crippen molar-refractivity contribution in [1.29, 1.82) is 5.26 Å². The molecule has 3 aromatic rings. The molecule has 0 aliphatic heterocycles. The highest BCUT2D eigenvalue weighted by Gasteiger charge is 2.46. The molecule has 1 unspecified atom stereocenters. The summed E-state index contributed by atoms with van der Waals surface area (Å²) in [7, 11) is 0.936. The Hall–Kier alpha value is -3.65. The molecule has 2 heterocycles. The van der Waals surface area contributed by atoms with Gasteiger partial charge < -0.3 is 20.3 Å². The van der Waals surface area contributed by atoms with Crippen LogP contribution in [0.2, 0.25) is 0 Å². The van der Waals surface area contributed by atoms with E-state index in [2.05, 4.69) is 26.7 Å². The molecule has 0 spiro atoms. The zero-order chi connectivity index (χ0) is 28.7. The topological polar surface area (TPSA) is 125 Å². The maximum absolute atomic E-state index is 12.4. The van der Waals surface area contributed by atoms with E-state index in [0.717, 1.165) is 41.9 Å². The van der Waals surface area contributed by atoms with E-state index >= 15 is 0 Å². The van der Waals surface area contributed by atoms with Gasteiger partial charge in [0.1, 0.15) is 23.1 Å². The first kappa shape index (κ1) is 27.9. The number of likely N-dealkylation sites (N-methyl/N-ethyl adjacent to an activating group) is 1. The summed E-state index contributed by atoms with van der Waals surface area (Å²) in [5, 5.41) is 20.4. The summed E-state index contributed by atoms with van der Waals surface area (Å²) in [5.41, 5.74) is 3.82. The van der Waals surface area contributed by atoms with Crippen LogP contribution in [0.3, 0.4) is 0 Å². The normalized spacial score (nSPS) is 16.7. The minimum Gasteiger partial charge on any atom is -0.444 e. The van der Waals surface area contributed by atoms with Crippen LogP contribution in [-0.2, 0) is 27.7 Å². The second-order valence-corrected chi connectivity index (χ2v) is 13.6. The molecule has 11 heteroatoms. The van der Waals surface area contributed by atoms with Crippen molar-refractivity contribution in [2.75, 3.05) is 30.1 Å². The number of fused-ring (bicyclic) bond motifs is 1. The minimum absolute atomic E-state index is 0.336. The number of benzene rings is 1. The van der Waals surface area contributed by atoms with Gasteiger partial charge in [-0.05, 0) is 82.6 Å². The molecule has 212 valence electrons. The number of alkyl carbamates (subject to hydrolysis) is 1. The van der Waals surface area contributed by atoms with Crippen molar-refractivity contribution in [3.05, 3.63) is 47.3 Å². The van der Waals surface area contributed by atoms with Gasteiger partial charge in [0.2, 0.25) is 0 Å². The van der Waals surface area contributed by atoms with Gasteiger partial charge >= 0.3 is 6.09 Å². The molecule has 5 rings (SSSR count). The maximum Gasteiger partial charge on any atom is 0.408 e. The van der Waals surface area contributed by atoms with Crippen LogP contribution in [-0.4, -0.2) is 55.9 Å². The third-order valence-electron chi connectivity index (χ3n) is 7.14. The second-order valence-electron chi connectivity index (χ2n) is 12.1. The molecule has 2 N–H and O–H groups in total. The van der Waals surface area contributed by atoms with Crippen molar-refractivity contribution in [2.45, 2.75) is 69.8 Å². The van der Waals surface area contributed by atoms with Crippen molar-refractivity contribution >= 4 is 39.7 Å². The molecule has 1 atom stereocenters. The van der Waals surface area contributed by atoms with Crippen LogP contribution in [0.15, 0.2) is 30.5 Å². The van der Waals surface area contributed by atoms with Gasteiger partial charge in [0, 0.05) is 53.8 Å². The number of aromatic nitrogens is 3. The van der Waals surface area contributed by atoms with E-state index in [9.17, 15) is 14.3 Å². The molecule has 40 heavy (non-hydrogen) atoms. The van der Waals surface area contributed by atoms with Crippen LogP contribution in [0.25, 0.3) is 5.65 Å². The fourth-order valence-electron chi connectivity index (χ4n) is 4.98. The average Bonchev–Trinajstić information content (AvgIpc) is 3.76. The van der Waals surface area contributed by atoms with Gasteiger partial charge in [0.05, 0.1) is 17.5 Å². The van der Waals surface area contributed by atoms with Crippen LogP contribution in [0.4, 0.5) is 22.0 Å². The van der Waals surface area contributed by atoms with Crippen LogP contribution in [0.1, 0.15) is 63.3 Å². The summed E-state index contributed by atoms with van der Waals surface area (Å²) < 4.78 is 19.6. The molecule has 0 bridgehead atoms. The molecular weight excluding hydrogens is 526 g/mol. The van der Waals surface area contributed by atoms with Gasteiger partial charge in [-0.25, -0.2) is 14.3 Å².